The lowest BCUT2D eigenvalue weighted by Crippen LogP contribution is -2.44. The van der Waals surface area contributed by atoms with E-state index >= 15 is 0 Å². The molecule has 21 heavy (non-hydrogen) atoms. The third kappa shape index (κ3) is 2.78. The first-order valence-corrected chi connectivity index (χ1v) is 9.06. The van der Waals surface area contributed by atoms with Crippen LogP contribution in [0.15, 0.2) is 57.9 Å². The Morgan fingerprint density at radius 2 is 1.67 bits per heavy atom. The third-order valence-corrected chi connectivity index (χ3v) is 6.30. The van der Waals surface area contributed by atoms with Crippen molar-refractivity contribution in [2.24, 2.45) is 0 Å². The number of benzene rings is 2. The Labute approximate surface area is 133 Å². The van der Waals surface area contributed by atoms with Crippen LogP contribution < -0.4 is 0 Å². The highest BCUT2D eigenvalue weighted by atomic mass is 79.9. The van der Waals surface area contributed by atoms with Crippen molar-refractivity contribution in [3.63, 3.8) is 0 Å². The van der Waals surface area contributed by atoms with E-state index in [1.165, 1.54) is 0 Å². The van der Waals surface area contributed by atoms with Crippen molar-refractivity contribution in [3.05, 3.63) is 64.1 Å². The molecule has 1 atom stereocenters. The van der Waals surface area contributed by atoms with E-state index in [4.69, 9.17) is 0 Å². The highest BCUT2D eigenvalue weighted by molar-refractivity contribution is 9.10. The molecule has 2 aromatic carbocycles. The van der Waals surface area contributed by atoms with Gasteiger partial charge in [-0.25, -0.2) is 8.42 Å². The number of hydrogen-bond acceptors (Lipinski definition) is 2. The second kappa shape index (κ2) is 5.55. The van der Waals surface area contributed by atoms with Crippen LogP contribution in [0.2, 0.25) is 0 Å². The fourth-order valence-corrected chi connectivity index (χ4v) is 4.44. The predicted octanol–water partition coefficient (Wildman–Crippen LogP) is 3.89. The second-order valence-electron chi connectivity index (χ2n) is 5.28. The van der Waals surface area contributed by atoms with E-state index in [0.29, 0.717) is 11.4 Å². The molecule has 0 bridgehead atoms. The molecule has 0 saturated carbocycles. The quantitative estimate of drug-likeness (QED) is 0.827. The van der Waals surface area contributed by atoms with Gasteiger partial charge in [0.1, 0.15) is 0 Å². The summed E-state index contributed by atoms with van der Waals surface area (Å²) in [5.41, 5.74) is 2.10. The molecule has 1 unspecified atom stereocenters. The van der Waals surface area contributed by atoms with Gasteiger partial charge in [0.15, 0.2) is 0 Å². The fraction of sp³-hybridized carbons (Fsp3) is 0.250. The van der Waals surface area contributed by atoms with Crippen molar-refractivity contribution in [1.29, 1.82) is 0 Å². The van der Waals surface area contributed by atoms with Gasteiger partial charge in [-0.3, -0.25) is 0 Å². The van der Waals surface area contributed by atoms with E-state index in [9.17, 15) is 8.42 Å². The Morgan fingerprint density at radius 1 is 1.05 bits per heavy atom. The second-order valence-corrected chi connectivity index (χ2v) is 8.09. The lowest BCUT2D eigenvalue weighted by molar-refractivity contribution is 0.202. The summed E-state index contributed by atoms with van der Waals surface area (Å²) in [6.07, 6.45) is 0.868. The van der Waals surface area contributed by atoms with Gasteiger partial charge in [-0.05, 0) is 43.2 Å². The average molecular weight is 366 g/mol. The molecular weight excluding hydrogens is 350 g/mol. The fourth-order valence-electron chi connectivity index (χ4n) is 2.51. The lowest BCUT2D eigenvalue weighted by atomic mass is 9.98. The van der Waals surface area contributed by atoms with Gasteiger partial charge in [-0.1, -0.05) is 45.8 Å². The molecule has 1 aliphatic heterocycles. The predicted molar refractivity (Wildman–Crippen MR) is 86.6 cm³/mol. The summed E-state index contributed by atoms with van der Waals surface area (Å²) in [6.45, 7) is 2.53. The zero-order valence-electron chi connectivity index (χ0n) is 11.7. The summed E-state index contributed by atoms with van der Waals surface area (Å²) in [4.78, 5) is 0.370. The molecule has 5 heteroatoms. The van der Waals surface area contributed by atoms with Gasteiger partial charge in [0.05, 0.1) is 10.9 Å². The van der Waals surface area contributed by atoms with Crippen LogP contribution in [0.25, 0.3) is 0 Å². The van der Waals surface area contributed by atoms with Crippen molar-refractivity contribution >= 4 is 26.0 Å². The molecule has 1 aliphatic rings. The van der Waals surface area contributed by atoms with Crippen LogP contribution >= 0.6 is 15.9 Å². The maximum atomic E-state index is 12.7. The minimum absolute atomic E-state index is 0.0515. The van der Waals surface area contributed by atoms with Crippen LogP contribution in [0, 0.1) is 6.92 Å². The van der Waals surface area contributed by atoms with Crippen LogP contribution in [-0.4, -0.2) is 19.3 Å². The van der Waals surface area contributed by atoms with Gasteiger partial charge in [0.2, 0.25) is 10.0 Å². The number of halogens is 1. The standard InChI is InChI=1S/C16H16BrNO2S/c1-12-2-8-15(9-3-12)21(19,20)18-11-10-16(18)13-4-6-14(17)7-5-13/h2-9,16H,10-11H2,1H3. The summed E-state index contributed by atoms with van der Waals surface area (Å²) >= 11 is 3.40. The van der Waals surface area contributed by atoms with E-state index in [1.54, 1.807) is 16.4 Å². The van der Waals surface area contributed by atoms with E-state index in [1.807, 2.05) is 43.3 Å². The molecule has 1 fully saturated rings. The molecule has 0 spiro atoms. The topological polar surface area (TPSA) is 37.4 Å². The van der Waals surface area contributed by atoms with Crippen LogP contribution in [0.3, 0.4) is 0 Å². The summed E-state index contributed by atoms with van der Waals surface area (Å²) in [7, 11) is -3.40. The summed E-state index contributed by atoms with van der Waals surface area (Å²) < 4.78 is 28.0. The molecule has 0 N–H and O–H groups in total. The molecule has 3 rings (SSSR count). The molecule has 0 aliphatic carbocycles. The SMILES string of the molecule is Cc1ccc(S(=O)(=O)N2CCC2c2ccc(Br)cc2)cc1. The summed E-state index contributed by atoms with van der Waals surface area (Å²) in [6, 6.07) is 14.8. The lowest BCUT2D eigenvalue weighted by Gasteiger charge is -2.40. The summed E-state index contributed by atoms with van der Waals surface area (Å²) in [5, 5.41) is 0. The van der Waals surface area contributed by atoms with Crippen molar-refractivity contribution in [2.75, 3.05) is 6.54 Å². The first kappa shape index (κ1) is 14.8. The summed E-state index contributed by atoms with van der Waals surface area (Å²) in [5.74, 6) is 0. The first-order chi connectivity index (χ1) is 9.98. The van der Waals surface area contributed by atoms with E-state index in [0.717, 1.165) is 22.0 Å². The first-order valence-electron chi connectivity index (χ1n) is 6.82. The molecule has 0 aromatic heterocycles. The van der Waals surface area contributed by atoms with E-state index < -0.39 is 10.0 Å². The van der Waals surface area contributed by atoms with Crippen LogP contribution in [0.1, 0.15) is 23.6 Å². The number of hydrogen-bond donors (Lipinski definition) is 0. The molecule has 1 saturated heterocycles. The Hall–Kier alpha value is -1.17. The highest BCUT2D eigenvalue weighted by Crippen LogP contribution is 2.38. The Kier molecular flexibility index (Phi) is 3.90. The van der Waals surface area contributed by atoms with Crippen molar-refractivity contribution < 1.29 is 8.42 Å². The molecule has 3 nitrogen and oxygen atoms in total. The van der Waals surface area contributed by atoms with Gasteiger partial charge < -0.3 is 0 Å². The van der Waals surface area contributed by atoms with Gasteiger partial charge in [0, 0.05) is 11.0 Å². The zero-order chi connectivity index (χ0) is 15.0. The average Bonchev–Trinajstić information content (AvgIpc) is 2.40. The Balaban J connectivity index is 1.89. The molecule has 0 radical (unpaired) electrons. The van der Waals surface area contributed by atoms with Gasteiger partial charge in [-0.2, -0.15) is 4.31 Å². The maximum Gasteiger partial charge on any atom is 0.243 e. The van der Waals surface area contributed by atoms with E-state index in [-0.39, 0.29) is 6.04 Å². The molecule has 0 amide bonds. The molecular formula is C16H16BrNO2S. The minimum Gasteiger partial charge on any atom is -0.207 e. The molecule has 2 aromatic rings. The number of sulfonamides is 1. The van der Waals surface area contributed by atoms with Crippen LogP contribution in [-0.2, 0) is 10.0 Å². The van der Waals surface area contributed by atoms with E-state index in [2.05, 4.69) is 15.9 Å². The molecule has 1 heterocycles. The van der Waals surface area contributed by atoms with Gasteiger partial charge in [0.25, 0.3) is 0 Å². The number of rotatable bonds is 3. The monoisotopic (exact) mass is 365 g/mol. The maximum absolute atomic E-state index is 12.7. The van der Waals surface area contributed by atoms with Crippen molar-refractivity contribution in [1.82, 2.24) is 4.31 Å². The Morgan fingerprint density at radius 3 is 2.19 bits per heavy atom. The largest absolute Gasteiger partial charge is 0.243 e. The third-order valence-electron chi connectivity index (χ3n) is 3.85. The van der Waals surface area contributed by atoms with Crippen molar-refractivity contribution in [3.8, 4) is 0 Å². The van der Waals surface area contributed by atoms with Gasteiger partial charge >= 0.3 is 0 Å². The van der Waals surface area contributed by atoms with Crippen molar-refractivity contribution in [2.45, 2.75) is 24.3 Å². The highest BCUT2D eigenvalue weighted by Gasteiger charge is 2.39. The number of nitrogens with zero attached hydrogens (tertiary/aromatic N) is 1. The van der Waals surface area contributed by atoms with Crippen LogP contribution in [0.4, 0.5) is 0 Å². The number of aryl methyl sites for hydroxylation is 1. The normalized spacial score (nSPS) is 19.2. The zero-order valence-corrected chi connectivity index (χ0v) is 14.1. The minimum atomic E-state index is -3.40. The van der Waals surface area contributed by atoms with Crippen LogP contribution in [0.5, 0.6) is 0 Å². The van der Waals surface area contributed by atoms with Gasteiger partial charge in [-0.15, -0.1) is 0 Å². The Bertz CT molecular complexity index is 739. The smallest absolute Gasteiger partial charge is 0.207 e. The molecule has 110 valence electrons.